The number of aromatic nitrogens is 1. The Hall–Kier alpha value is -2.11. The number of oxazole rings is 1. The molecule has 7 heteroatoms. The Morgan fingerprint density at radius 1 is 1.17 bits per heavy atom. The zero-order valence-corrected chi connectivity index (χ0v) is 13.3. The lowest BCUT2D eigenvalue weighted by atomic mass is 10.2. The summed E-state index contributed by atoms with van der Waals surface area (Å²) in [5, 5.41) is 3.40. The van der Waals surface area contributed by atoms with Crippen molar-refractivity contribution in [2.45, 2.75) is 0 Å². The summed E-state index contributed by atoms with van der Waals surface area (Å²) in [4.78, 5) is 16.2. The fourth-order valence-corrected chi connectivity index (χ4v) is 2.66. The number of amides is 1. The Balaban J connectivity index is 1.97. The Labute approximate surface area is 141 Å². The van der Waals surface area contributed by atoms with E-state index in [1.807, 2.05) is 0 Å². The molecule has 1 heterocycles. The van der Waals surface area contributed by atoms with Crippen molar-refractivity contribution in [2.24, 2.45) is 0 Å². The van der Waals surface area contributed by atoms with E-state index >= 15 is 0 Å². The first-order valence-electron chi connectivity index (χ1n) is 6.78. The van der Waals surface area contributed by atoms with Gasteiger partial charge in [0.25, 0.3) is 5.91 Å². The van der Waals surface area contributed by atoms with Gasteiger partial charge in [0.05, 0.1) is 0 Å². The van der Waals surface area contributed by atoms with E-state index in [4.69, 9.17) is 27.6 Å². The Kier molecular flexibility index (Phi) is 4.50. The molecule has 0 atom stereocenters. The van der Waals surface area contributed by atoms with E-state index < -0.39 is 6.67 Å². The van der Waals surface area contributed by atoms with Crippen LogP contribution in [-0.4, -0.2) is 24.1 Å². The Morgan fingerprint density at radius 3 is 2.61 bits per heavy atom. The smallest absolute Gasteiger partial charge is 0.251 e. The minimum atomic E-state index is -0.615. The largest absolute Gasteiger partial charge is 0.436 e. The molecule has 4 nitrogen and oxygen atoms in total. The summed E-state index contributed by atoms with van der Waals surface area (Å²) in [6, 6.07) is 9.82. The molecule has 0 radical (unpaired) electrons. The van der Waals surface area contributed by atoms with E-state index in [0.717, 1.165) is 0 Å². The fourth-order valence-electron chi connectivity index (χ4n) is 2.13. The molecule has 0 bridgehead atoms. The lowest BCUT2D eigenvalue weighted by Gasteiger charge is -2.01. The van der Waals surface area contributed by atoms with Crippen molar-refractivity contribution >= 4 is 40.2 Å². The molecule has 0 spiro atoms. The number of benzene rings is 2. The van der Waals surface area contributed by atoms with Crippen LogP contribution >= 0.6 is 23.2 Å². The van der Waals surface area contributed by atoms with Gasteiger partial charge in [0.1, 0.15) is 12.2 Å². The van der Waals surface area contributed by atoms with Gasteiger partial charge < -0.3 is 9.73 Å². The van der Waals surface area contributed by atoms with E-state index in [0.29, 0.717) is 38.2 Å². The first kappa shape index (κ1) is 15.8. The lowest BCUT2D eigenvalue weighted by molar-refractivity contribution is 0.0951. The molecule has 0 aliphatic heterocycles. The molecular formula is C16H11Cl2FN2O2. The number of nitrogens with zero attached hydrogens (tertiary/aromatic N) is 1. The van der Waals surface area contributed by atoms with Crippen molar-refractivity contribution < 1.29 is 13.6 Å². The number of rotatable bonds is 4. The van der Waals surface area contributed by atoms with E-state index in [2.05, 4.69) is 10.3 Å². The van der Waals surface area contributed by atoms with Gasteiger partial charge in [-0.15, -0.1) is 0 Å². The number of hydrogen-bond donors (Lipinski definition) is 1. The van der Waals surface area contributed by atoms with E-state index in [-0.39, 0.29) is 12.5 Å². The molecule has 0 unspecified atom stereocenters. The predicted octanol–water partition coefficient (Wildman–Crippen LogP) is 4.50. The number of alkyl halides is 1. The zero-order valence-electron chi connectivity index (χ0n) is 11.8. The maximum absolute atomic E-state index is 12.1. The van der Waals surface area contributed by atoms with Gasteiger partial charge in [-0.2, -0.15) is 0 Å². The highest BCUT2D eigenvalue weighted by Crippen LogP contribution is 2.29. The van der Waals surface area contributed by atoms with Gasteiger partial charge in [-0.25, -0.2) is 9.37 Å². The van der Waals surface area contributed by atoms with Crippen LogP contribution in [0.1, 0.15) is 10.4 Å². The van der Waals surface area contributed by atoms with Crippen molar-refractivity contribution in [3.63, 3.8) is 0 Å². The minimum Gasteiger partial charge on any atom is -0.436 e. The third kappa shape index (κ3) is 3.46. The minimum absolute atomic E-state index is 0.0282. The van der Waals surface area contributed by atoms with Crippen molar-refractivity contribution in [3.8, 4) is 11.5 Å². The molecule has 118 valence electrons. The second-order valence-electron chi connectivity index (χ2n) is 4.80. The molecule has 0 aliphatic rings. The highest BCUT2D eigenvalue weighted by molar-refractivity contribution is 6.35. The van der Waals surface area contributed by atoms with E-state index in [1.54, 1.807) is 36.4 Å². The van der Waals surface area contributed by atoms with Crippen LogP contribution in [0, 0.1) is 0 Å². The van der Waals surface area contributed by atoms with Crippen LogP contribution in [0.3, 0.4) is 0 Å². The third-order valence-corrected chi connectivity index (χ3v) is 3.58. The van der Waals surface area contributed by atoms with Gasteiger partial charge in [-0.1, -0.05) is 23.2 Å². The molecular weight excluding hydrogens is 342 g/mol. The van der Waals surface area contributed by atoms with Gasteiger partial charge in [-0.3, -0.25) is 4.79 Å². The molecule has 0 fully saturated rings. The first-order chi connectivity index (χ1) is 11.1. The first-order valence-corrected chi connectivity index (χ1v) is 7.53. The topological polar surface area (TPSA) is 55.1 Å². The molecule has 3 aromatic rings. The number of hydrogen-bond acceptors (Lipinski definition) is 3. The highest BCUT2D eigenvalue weighted by Gasteiger charge is 2.12. The Bertz CT molecular complexity index is 859. The maximum Gasteiger partial charge on any atom is 0.251 e. The number of carbonyl (C=O) groups is 1. The van der Waals surface area contributed by atoms with Crippen LogP contribution in [0.15, 0.2) is 40.8 Å². The number of carbonyl (C=O) groups excluding carboxylic acids is 1. The molecule has 1 aromatic heterocycles. The van der Waals surface area contributed by atoms with Gasteiger partial charge in [0, 0.05) is 27.7 Å². The standard InChI is InChI=1S/C16H11Cl2FN2O2/c17-11-5-10(6-12(18)8-11)16-21-13-2-1-9(7-14(13)23-16)15(22)20-4-3-19/h1-2,5-8H,3-4H2,(H,20,22). The van der Waals surface area contributed by atoms with Crippen molar-refractivity contribution in [1.29, 1.82) is 0 Å². The summed E-state index contributed by atoms with van der Waals surface area (Å²) < 4.78 is 17.8. The SMILES string of the molecule is O=C(NCCF)c1ccc2nc(-c3cc(Cl)cc(Cl)c3)oc2c1. The summed E-state index contributed by atoms with van der Waals surface area (Å²) in [7, 11) is 0. The van der Waals surface area contributed by atoms with Crippen LogP contribution in [-0.2, 0) is 0 Å². The lowest BCUT2D eigenvalue weighted by Crippen LogP contribution is -2.25. The monoisotopic (exact) mass is 352 g/mol. The molecule has 3 rings (SSSR count). The average Bonchev–Trinajstić information content (AvgIpc) is 2.94. The molecule has 23 heavy (non-hydrogen) atoms. The van der Waals surface area contributed by atoms with Crippen molar-refractivity contribution in [1.82, 2.24) is 10.3 Å². The zero-order chi connectivity index (χ0) is 16.4. The summed E-state index contributed by atoms with van der Waals surface area (Å²) >= 11 is 12.0. The Morgan fingerprint density at radius 2 is 1.91 bits per heavy atom. The molecule has 1 amide bonds. The maximum atomic E-state index is 12.1. The van der Waals surface area contributed by atoms with Crippen LogP contribution < -0.4 is 5.32 Å². The second kappa shape index (κ2) is 6.56. The molecule has 0 saturated heterocycles. The van der Waals surface area contributed by atoms with Crippen LogP contribution in [0.2, 0.25) is 10.0 Å². The van der Waals surface area contributed by atoms with E-state index in [9.17, 15) is 9.18 Å². The van der Waals surface area contributed by atoms with Gasteiger partial charge in [0.15, 0.2) is 5.58 Å². The van der Waals surface area contributed by atoms with Crippen LogP contribution in [0.4, 0.5) is 4.39 Å². The molecule has 0 saturated carbocycles. The van der Waals surface area contributed by atoms with Gasteiger partial charge >= 0.3 is 0 Å². The van der Waals surface area contributed by atoms with Crippen molar-refractivity contribution in [3.05, 3.63) is 52.0 Å². The number of halogens is 3. The van der Waals surface area contributed by atoms with Crippen LogP contribution in [0.25, 0.3) is 22.6 Å². The van der Waals surface area contributed by atoms with Crippen molar-refractivity contribution in [2.75, 3.05) is 13.2 Å². The summed E-state index contributed by atoms with van der Waals surface area (Å²) in [5.74, 6) is -0.0148. The predicted molar refractivity (Wildman–Crippen MR) is 87.8 cm³/mol. The molecule has 0 aliphatic carbocycles. The molecule has 2 aromatic carbocycles. The second-order valence-corrected chi connectivity index (χ2v) is 5.68. The summed E-state index contributed by atoms with van der Waals surface area (Å²) in [6.07, 6.45) is 0. The number of nitrogens with one attached hydrogen (secondary N) is 1. The molecule has 1 N–H and O–H groups in total. The summed E-state index contributed by atoms with van der Waals surface area (Å²) in [5.41, 5.74) is 2.06. The quantitative estimate of drug-likeness (QED) is 0.751. The normalized spacial score (nSPS) is 10.9. The average molecular weight is 353 g/mol. The third-order valence-electron chi connectivity index (χ3n) is 3.14. The fraction of sp³-hybridized carbons (Fsp3) is 0.125. The van der Waals surface area contributed by atoms with Gasteiger partial charge in [-0.05, 0) is 36.4 Å². The van der Waals surface area contributed by atoms with E-state index in [1.165, 1.54) is 0 Å². The number of fused-ring (bicyclic) bond motifs is 1. The summed E-state index contributed by atoms with van der Waals surface area (Å²) in [6.45, 7) is -0.643. The van der Waals surface area contributed by atoms with Crippen LogP contribution in [0.5, 0.6) is 0 Å². The highest BCUT2D eigenvalue weighted by atomic mass is 35.5. The van der Waals surface area contributed by atoms with Gasteiger partial charge in [0.2, 0.25) is 5.89 Å².